The van der Waals surface area contributed by atoms with Crippen LogP contribution in [-0.2, 0) is 25.5 Å². The topological polar surface area (TPSA) is 81.7 Å². The minimum absolute atomic E-state index is 0.224. The molecule has 0 saturated heterocycles. The maximum atomic E-state index is 12.4. The number of ether oxygens (including phenoxy) is 2. The second-order valence-corrected chi connectivity index (χ2v) is 5.81. The number of anilines is 1. The van der Waals surface area contributed by atoms with Crippen molar-refractivity contribution >= 4 is 34.2 Å². The molecule has 1 aromatic rings. The number of rotatable bonds is 3. The van der Waals surface area contributed by atoms with E-state index in [1.54, 1.807) is 5.32 Å². The first-order valence-corrected chi connectivity index (χ1v) is 7.22. The van der Waals surface area contributed by atoms with Crippen molar-refractivity contribution in [3.05, 3.63) is 16.0 Å². The highest BCUT2D eigenvalue weighted by atomic mass is 32.1. The Balaban J connectivity index is 2.48. The number of esters is 2. The SMILES string of the molecule is COC(=O)c1c(NC(=O)C(F)(F)F)sc2c1C(C(=O)OC)CC2. The summed E-state index contributed by atoms with van der Waals surface area (Å²) < 4.78 is 46.5. The molecule has 2 rings (SSSR count). The lowest BCUT2D eigenvalue weighted by atomic mass is 9.99. The number of methoxy groups -OCH3 is 2. The molecule has 0 spiro atoms. The molecule has 1 aliphatic carbocycles. The molecule has 1 N–H and O–H groups in total. The number of halogens is 3. The van der Waals surface area contributed by atoms with Crippen LogP contribution in [0.2, 0.25) is 0 Å². The highest BCUT2D eigenvalue weighted by Gasteiger charge is 2.42. The molecule has 0 aliphatic heterocycles. The third kappa shape index (κ3) is 3.16. The lowest BCUT2D eigenvalue weighted by molar-refractivity contribution is -0.167. The van der Waals surface area contributed by atoms with Crippen LogP contribution in [0.5, 0.6) is 0 Å². The highest BCUT2D eigenvalue weighted by molar-refractivity contribution is 7.17. The first-order valence-electron chi connectivity index (χ1n) is 6.40. The van der Waals surface area contributed by atoms with Crippen molar-refractivity contribution in [2.45, 2.75) is 24.9 Å². The molecule has 0 aromatic carbocycles. The van der Waals surface area contributed by atoms with Gasteiger partial charge in [-0.2, -0.15) is 13.2 Å². The average molecular weight is 351 g/mol. The van der Waals surface area contributed by atoms with Crippen LogP contribution < -0.4 is 5.32 Å². The molecule has 1 aliphatic rings. The van der Waals surface area contributed by atoms with Crippen LogP contribution in [0.1, 0.15) is 33.1 Å². The van der Waals surface area contributed by atoms with E-state index < -0.39 is 29.9 Å². The number of carbonyl (C=O) groups excluding carboxylic acids is 3. The van der Waals surface area contributed by atoms with E-state index in [4.69, 9.17) is 0 Å². The summed E-state index contributed by atoms with van der Waals surface area (Å²) in [6.45, 7) is 0. The van der Waals surface area contributed by atoms with E-state index in [0.29, 0.717) is 17.7 Å². The Morgan fingerprint density at radius 2 is 1.87 bits per heavy atom. The number of alkyl halides is 3. The van der Waals surface area contributed by atoms with E-state index >= 15 is 0 Å². The van der Waals surface area contributed by atoms with Crippen LogP contribution >= 0.6 is 11.3 Å². The minimum Gasteiger partial charge on any atom is -0.469 e. The second-order valence-electron chi connectivity index (χ2n) is 4.70. The predicted octanol–water partition coefficient (Wildman–Crippen LogP) is 2.24. The van der Waals surface area contributed by atoms with Crippen LogP contribution in [0.3, 0.4) is 0 Å². The molecule has 23 heavy (non-hydrogen) atoms. The highest BCUT2D eigenvalue weighted by Crippen LogP contribution is 2.46. The third-order valence-electron chi connectivity index (χ3n) is 3.39. The van der Waals surface area contributed by atoms with Crippen molar-refractivity contribution in [2.75, 3.05) is 19.5 Å². The number of hydrogen-bond acceptors (Lipinski definition) is 6. The summed E-state index contributed by atoms with van der Waals surface area (Å²) in [5.74, 6) is -4.48. The molecule has 1 unspecified atom stereocenters. The number of thiophene rings is 1. The predicted molar refractivity (Wildman–Crippen MR) is 73.4 cm³/mol. The van der Waals surface area contributed by atoms with Gasteiger partial charge in [0.2, 0.25) is 0 Å². The van der Waals surface area contributed by atoms with Crippen molar-refractivity contribution in [3.63, 3.8) is 0 Å². The molecule has 0 saturated carbocycles. The van der Waals surface area contributed by atoms with Gasteiger partial charge >= 0.3 is 24.0 Å². The Morgan fingerprint density at radius 3 is 2.39 bits per heavy atom. The Labute approximate surface area is 132 Å². The lowest BCUT2D eigenvalue weighted by Gasteiger charge is -2.12. The van der Waals surface area contributed by atoms with Gasteiger partial charge in [0.25, 0.3) is 0 Å². The van der Waals surface area contributed by atoms with Crippen LogP contribution in [0.4, 0.5) is 18.2 Å². The van der Waals surface area contributed by atoms with E-state index in [1.165, 1.54) is 7.11 Å². The second kappa shape index (κ2) is 6.19. The largest absolute Gasteiger partial charge is 0.471 e. The van der Waals surface area contributed by atoms with Gasteiger partial charge in [-0.3, -0.25) is 9.59 Å². The first-order chi connectivity index (χ1) is 10.7. The Kier molecular flexibility index (Phi) is 4.64. The number of nitrogens with one attached hydrogen (secondary N) is 1. The summed E-state index contributed by atoms with van der Waals surface area (Å²) in [4.78, 5) is 35.4. The summed E-state index contributed by atoms with van der Waals surface area (Å²) in [7, 11) is 2.24. The molecular weight excluding hydrogens is 339 g/mol. The fourth-order valence-corrected chi connectivity index (χ4v) is 3.67. The van der Waals surface area contributed by atoms with Crippen molar-refractivity contribution in [3.8, 4) is 0 Å². The van der Waals surface area contributed by atoms with E-state index in [0.717, 1.165) is 18.4 Å². The van der Waals surface area contributed by atoms with Crippen molar-refractivity contribution in [1.82, 2.24) is 0 Å². The van der Waals surface area contributed by atoms with Crippen LogP contribution in [0.15, 0.2) is 0 Å². The Morgan fingerprint density at radius 1 is 1.22 bits per heavy atom. The van der Waals surface area contributed by atoms with Crippen LogP contribution in [-0.4, -0.2) is 38.2 Å². The van der Waals surface area contributed by atoms with E-state index in [-0.39, 0.29) is 16.1 Å². The molecule has 1 heterocycles. The summed E-state index contributed by atoms with van der Waals surface area (Å²) in [5.41, 5.74) is 0.0455. The van der Waals surface area contributed by atoms with Gasteiger partial charge in [-0.1, -0.05) is 0 Å². The number of aryl methyl sites for hydroxylation is 1. The molecule has 1 atom stereocenters. The van der Waals surface area contributed by atoms with Gasteiger partial charge in [-0.15, -0.1) is 11.3 Å². The van der Waals surface area contributed by atoms with Gasteiger partial charge in [0.1, 0.15) is 5.00 Å². The van der Waals surface area contributed by atoms with Gasteiger partial charge < -0.3 is 14.8 Å². The van der Waals surface area contributed by atoms with Gasteiger partial charge in [0.15, 0.2) is 0 Å². The Bertz CT molecular complexity index is 667. The lowest BCUT2D eigenvalue weighted by Crippen LogP contribution is -2.30. The molecule has 6 nitrogen and oxygen atoms in total. The van der Waals surface area contributed by atoms with Crippen LogP contribution in [0, 0.1) is 0 Å². The van der Waals surface area contributed by atoms with Gasteiger partial charge in [-0.25, -0.2) is 4.79 Å². The van der Waals surface area contributed by atoms with Gasteiger partial charge in [0, 0.05) is 4.88 Å². The molecular formula is C13H12F3NO5S. The maximum absolute atomic E-state index is 12.4. The van der Waals surface area contributed by atoms with Crippen molar-refractivity contribution < 1.29 is 37.0 Å². The third-order valence-corrected chi connectivity index (χ3v) is 4.57. The van der Waals surface area contributed by atoms with E-state index in [2.05, 4.69) is 9.47 Å². The molecule has 0 fully saturated rings. The summed E-state index contributed by atoms with van der Waals surface area (Å²) in [5, 5.41) is 1.39. The summed E-state index contributed by atoms with van der Waals surface area (Å²) in [6, 6.07) is 0. The molecule has 0 bridgehead atoms. The number of hydrogen-bond donors (Lipinski definition) is 1. The average Bonchev–Trinajstić information content (AvgIpc) is 3.03. The first kappa shape index (κ1) is 17.3. The fourth-order valence-electron chi connectivity index (χ4n) is 2.41. The molecule has 10 heteroatoms. The molecule has 126 valence electrons. The van der Waals surface area contributed by atoms with E-state index in [1.807, 2.05) is 0 Å². The molecule has 0 radical (unpaired) electrons. The van der Waals surface area contributed by atoms with Gasteiger partial charge in [-0.05, 0) is 18.4 Å². The standard InChI is InChI=1S/C13H12F3NO5S/c1-21-10(18)5-3-4-6-7(5)8(11(19)22-2)9(23-6)17-12(20)13(14,15)16/h5H,3-4H2,1-2H3,(H,17,20). The van der Waals surface area contributed by atoms with Crippen LogP contribution in [0.25, 0.3) is 0 Å². The zero-order valence-electron chi connectivity index (χ0n) is 12.1. The molecule has 1 aromatic heterocycles. The zero-order valence-corrected chi connectivity index (χ0v) is 12.9. The summed E-state index contributed by atoms with van der Waals surface area (Å²) in [6.07, 6.45) is -4.32. The van der Waals surface area contributed by atoms with E-state index in [9.17, 15) is 27.6 Å². The zero-order chi connectivity index (χ0) is 17.4. The smallest absolute Gasteiger partial charge is 0.469 e. The maximum Gasteiger partial charge on any atom is 0.471 e. The van der Waals surface area contributed by atoms with Crippen molar-refractivity contribution in [2.24, 2.45) is 0 Å². The normalized spacial score (nSPS) is 16.7. The number of amides is 1. The summed E-state index contributed by atoms with van der Waals surface area (Å²) >= 11 is 0.828. The molecule has 1 amide bonds. The quantitative estimate of drug-likeness (QED) is 0.845. The minimum atomic E-state index is -5.09. The van der Waals surface area contributed by atoms with Gasteiger partial charge in [0.05, 0.1) is 25.7 Å². The Hall–Kier alpha value is -2.10. The monoisotopic (exact) mass is 351 g/mol. The number of fused-ring (bicyclic) bond motifs is 1. The number of carbonyl (C=O) groups is 3. The fraction of sp³-hybridized carbons (Fsp3) is 0.462. The van der Waals surface area contributed by atoms with Crippen molar-refractivity contribution in [1.29, 1.82) is 0 Å².